The van der Waals surface area contributed by atoms with Gasteiger partial charge >= 0.3 is 5.97 Å². The molecule has 1 aromatic heterocycles. The lowest BCUT2D eigenvalue weighted by molar-refractivity contribution is -0.143. The summed E-state index contributed by atoms with van der Waals surface area (Å²) in [6.45, 7) is 2.42. The lowest BCUT2D eigenvalue weighted by atomic mass is 10.3. The third-order valence-corrected chi connectivity index (χ3v) is 3.07. The first-order valence-electron chi connectivity index (χ1n) is 5.41. The van der Waals surface area contributed by atoms with Crippen LogP contribution in [0, 0.1) is 0 Å². The van der Waals surface area contributed by atoms with Gasteiger partial charge in [0.1, 0.15) is 6.54 Å². The monoisotopic (exact) mass is 250 g/mol. The van der Waals surface area contributed by atoms with Gasteiger partial charge in [0.2, 0.25) is 0 Å². The summed E-state index contributed by atoms with van der Waals surface area (Å²) < 4.78 is 6.85. The van der Waals surface area contributed by atoms with E-state index >= 15 is 0 Å². The molecular weight excluding hydrogens is 236 g/mol. The number of benzene rings is 1. The molecule has 4 nitrogen and oxygen atoms in total. The Labute approximate surface area is 104 Å². The van der Waals surface area contributed by atoms with E-state index in [9.17, 15) is 4.79 Å². The lowest BCUT2D eigenvalue weighted by Crippen LogP contribution is -2.13. The van der Waals surface area contributed by atoms with E-state index in [1.807, 2.05) is 35.1 Å². The highest BCUT2D eigenvalue weighted by Crippen LogP contribution is 2.22. The van der Waals surface area contributed by atoms with Gasteiger partial charge in [-0.3, -0.25) is 4.79 Å². The van der Waals surface area contributed by atoms with Crippen molar-refractivity contribution in [2.75, 3.05) is 12.9 Å². The molecule has 2 rings (SSSR count). The Balaban J connectivity index is 2.39. The molecule has 0 N–H and O–H groups in total. The van der Waals surface area contributed by atoms with Crippen molar-refractivity contribution in [3.8, 4) is 0 Å². The molecule has 0 spiro atoms. The molecule has 90 valence electrons. The largest absolute Gasteiger partial charge is 0.465 e. The molecule has 0 amide bonds. The Morgan fingerprint density at radius 3 is 2.94 bits per heavy atom. The number of ether oxygens (including phenoxy) is 1. The molecule has 17 heavy (non-hydrogen) atoms. The first kappa shape index (κ1) is 12.0. The quantitative estimate of drug-likeness (QED) is 0.617. The van der Waals surface area contributed by atoms with Crippen molar-refractivity contribution in [2.45, 2.75) is 18.6 Å². The van der Waals surface area contributed by atoms with Gasteiger partial charge in [0.25, 0.3) is 0 Å². The number of aromatic nitrogens is 2. The van der Waals surface area contributed by atoms with E-state index in [0.29, 0.717) is 6.61 Å². The van der Waals surface area contributed by atoms with Gasteiger partial charge in [-0.1, -0.05) is 23.9 Å². The number of hydrogen-bond acceptors (Lipinski definition) is 4. The molecule has 1 heterocycles. The summed E-state index contributed by atoms with van der Waals surface area (Å²) in [5, 5.41) is 0.833. The van der Waals surface area contributed by atoms with Crippen molar-refractivity contribution >= 4 is 28.8 Å². The molecule has 1 aromatic carbocycles. The van der Waals surface area contributed by atoms with Crippen LogP contribution in [0.15, 0.2) is 29.4 Å². The molecule has 0 fully saturated rings. The standard InChI is InChI=1S/C12H14N2O2S/c1-3-16-11(15)8-14-10-7-5-4-6-9(10)13-12(14)17-2/h4-7H,3,8H2,1-2H3. The summed E-state index contributed by atoms with van der Waals surface area (Å²) in [4.78, 5) is 16.0. The van der Waals surface area contributed by atoms with Crippen LogP contribution in [-0.4, -0.2) is 28.4 Å². The van der Waals surface area contributed by atoms with E-state index in [1.54, 1.807) is 6.92 Å². The molecule has 0 saturated carbocycles. The van der Waals surface area contributed by atoms with Crippen molar-refractivity contribution in [2.24, 2.45) is 0 Å². The highest BCUT2D eigenvalue weighted by atomic mass is 32.2. The number of carbonyl (C=O) groups excluding carboxylic acids is 1. The van der Waals surface area contributed by atoms with Crippen LogP contribution in [0.2, 0.25) is 0 Å². The molecule has 0 aliphatic rings. The molecular formula is C12H14N2O2S. The van der Waals surface area contributed by atoms with Crippen LogP contribution in [0.4, 0.5) is 0 Å². The fourth-order valence-corrected chi connectivity index (χ4v) is 2.27. The van der Waals surface area contributed by atoms with E-state index in [1.165, 1.54) is 11.8 Å². The minimum atomic E-state index is -0.231. The predicted molar refractivity (Wildman–Crippen MR) is 68.1 cm³/mol. The zero-order chi connectivity index (χ0) is 12.3. The molecule has 0 aliphatic heterocycles. The normalized spacial score (nSPS) is 10.7. The van der Waals surface area contributed by atoms with E-state index in [-0.39, 0.29) is 12.5 Å². The van der Waals surface area contributed by atoms with Crippen molar-refractivity contribution in [3.05, 3.63) is 24.3 Å². The van der Waals surface area contributed by atoms with Gasteiger partial charge < -0.3 is 9.30 Å². The Morgan fingerprint density at radius 2 is 2.24 bits per heavy atom. The lowest BCUT2D eigenvalue weighted by Gasteiger charge is -2.06. The van der Waals surface area contributed by atoms with E-state index in [0.717, 1.165) is 16.2 Å². The maximum Gasteiger partial charge on any atom is 0.326 e. The zero-order valence-electron chi connectivity index (χ0n) is 9.84. The Kier molecular flexibility index (Phi) is 3.68. The number of esters is 1. The van der Waals surface area contributed by atoms with Crippen LogP contribution in [0.1, 0.15) is 6.92 Å². The molecule has 0 radical (unpaired) electrons. The number of nitrogens with zero attached hydrogens (tertiary/aromatic N) is 2. The van der Waals surface area contributed by atoms with E-state index < -0.39 is 0 Å². The molecule has 0 bridgehead atoms. The van der Waals surface area contributed by atoms with Crippen LogP contribution in [-0.2, 0) is 16.1 Å². The minimum absolute atomic E-state index is 0.213. The number of imidazole rings is 1. The summed E-state index contributed by atoms with van der Waals surface area (Å²) >= 11 is 1.53. The zero-order valence-corrected chi connectivity index (χ0v) is 10.7. The van der Waals surface area contributed by atoms with E-state index in [4.69, 9.17) is 4.74 Å². The molecule has 0 atom stereocenters. The maximum atomic E-state index is 11.5. The summed E-state index contributed by atoms with van der Waals surface area (Å²) in [6, 6.07) is 7.78. The fraction of sp³-hybridized carbons (Fsp3) is 0.333. The first-order chi connectivity index (χ1) is 8.26. The van der Waals surface area contributed by atoms with Gasteiger partial charge in [-0.05, 0) is 25.3 Å². The van der Waals surface area contributed by atoms with Crippen molar-refractivity contribution in [1.29, 1.82) is 0 Å². The number of thioether (sulfide) groups is 1. The Morgan fingerprint density at radius 1 is 1.47 bits per heavy atom. The van der Waals surface area contributed by atoms with Crippen molar-refractivity contribution in [1.82, 2.24) is 9.55 Å². The summed E-state index contributed by atoms with van der Waals surface area (Å²) in [7, 11) is 0. The summed E-state index contributed by atoms with van der Waals surface area (Å²) in [5.74, 6) is -0.231. The summed E-state index contributed by atoms with van der Waals surface area (Å²) in [6.07, 6.45) is 1.95. The SMILES string of the molecule is CCOC(=O)Cn1c(SC)nc2ccccc21. The van der Waals surface area contributed by atoms with Crippen LogP contribution < -0.4 is 0 Å². The van der Waals surface area contributed by atoms with Gasteiger partial charge in [-0.2, -0.15) is 0 Å². The maximum absolute atomic E-state index is 11.5. The van der Waals surface area contributed by atoms with Crippen molar-refractivity contribution < 1.29 is 9.53 Å². The Hall–Kier alpha value is -1.49. The topological polar surface area (TPSA) is 44.1 Å². The predicted octanol–water partition coefficient (Wildman–Crippen LogP) is 2.32. The number of rotatable bonds is 4. The van der Waals surface area contributed by atoms with Gasteiger partial charge in [0.15, 0.2) is 5.16 Å². The minimum Gasteiger partial charge on any atom is -0.465 e. The number of carbonyl (C=O) groups is 1. The molecule has 2 aromatic rings. The third kappa shape index (κ3) is 2.44. The fourth-order valence-electron chi connectivity index (χ4n) is 1.70. The van der Waals surface area contributed by atoms with Crippen LogP contribution in [0.5, 0.6) is 0 Å². The number of fused-ring (bicyclic) bond motifs is 1. The second-order valence-corrected chi connectivity index (χ2v) is 4.25. The van der Waals surface area contributed by atoms with Gasteiger partial charge in [0, 0.05) is 0 Å². The Bertz CT molecular complexity index is 536. The van der Waals surface area contributed by atoms with Crippen LogP contribution in [0.25, 0.3) is 11.0 Å². The second-order valence-electron chi connectivity index (χ2n) is 3.48. The summed E-state index contributed by atoms with van der Waals surface area (Å²) in [5.41, 5.74) is 1.87. The third-order valence-electron chi connectivity index (χ3n) is 2.39. The van der Waals surface area contributed by atoms with Crippen LogP contribution >= 0.6 is 11.8 Å². The average molecular weight is 250 g/mol. The molecule has 0 unspecified atom stereocenters. The van der Waals surface area contributed by atoms with Gasteiger partial charge in [0.05, 0.1) is 17.6 Å². The molecule has 0 saturated heterocycles. The molecule has 5 heteroatoms. The molecule has 0 aliphatic carbocycles. The second kappa shape index (κ2) is 5.23. The van der Waals surface area contributed by atoms with Gasteiger partial charge in [-0.25, -0.2) is 4.98 Å². The van der Waals surface area contributed by atoms with Gasteiger partial charge in [-0.15, -0.1) is 0 Å². The van der Waals surface area contributed by atoms with Crippen molar-refractivity contribution in [3.63, 3.8) is 0 Å². The first-order valence-corrected chi connectivity index (χ1v) is 6.63. The number of para-hydroxylation sites is 2. The number of hydrogen-bond donors (Lipinski definition) is 0. The van der Waals surface area contributed by atoms with Crippen LogP contribution in [0.3, 0.4) is 0 Å². The average Bonchev–Trinajstić information content (AvgIpc) is 2.68. The van der Waals surface area contributed by atoms with E-state index in [2.05, 4.69) is 4.98 Å². The highest BCUT2D eigenvalue weighted by Gasteiger charge is 2.12. The smallest absolute Gasteiger partial charge is 0.326 e. The highest BCUT2D eigenvalue weighted by molar-refractivity contribution is 7.98.